The van der Waals surface area contributed by atoms with Crippen LogP contribution in [0.1, 0.15) is 288 Å². The van der Waals surface area contributed by atoms with Gasteiger partial charge in [0.15, 0.2) is 16.8 Å². The number of carboxylic acid groups (broad SMARTS) is 1. The third-order valence-electron chi connectivity index (χ3n) is 29.3. The van der Waals surface area contributed by atoms with Crippen LogP contribution in [0.5, 0.6) is 0 Å². The van der Waals surface area contributed by atoms with Gasteiger partial charge >= 0.3 is 17.9 Å². The van der Waals surface area contributed by atoms with Crippen LogP contribution < -0.4 is 31.8 Å². The molecule has 3 aliphatic carbocycles. The standard InChI is InChI=1S/C31H44N4O3.C30H42N4O3.C23H30ClN3O.C8H15NO2.2ClH/c1-38-29(36)19-22-15-17-33(18-16-22)30-31(37)35(28-12-8-7-11-27(28)32-30)26-20-24-13-14-25(21-26)34(24)23-9-5-3-2-4-6-10-23;35-28(36)18-21-14-16-32(17-15-21)29-30(37)34(27-11-7-6-10-26(27)31-29)25-19-23-12-13-24(20-25)33(23)22-8-4-2-1-3-5-9-22;24-22-23(28)27(21-11-7-6-10-20(21)25-22)19-14-17-12-13-18(15-19)26(17)16-8-4-2-1-3-5-9-16;1-11-8(10)6-7-2-4-9-5-3-7;;/h7-8,11-12,22-26H,2-6,9-10,13-21H2,1H3;6-7,10-11,21-25H,1-5,8-9,12-20H2,(H,35,36);6-7,10-11,16-19H,1-5,8-9,12-15H2;7,9H,2-6H2,1H3;2*1H/t24-,25+,26?;23-,24+,25?;17-,18+,19?;;;. The van der Waals surface area contributed by atoms with Crippen molar-refractivity contribution in [3.05, 3.63) is 109 Å². The summed E-state index contributed by atoms with van der Waals surface area (Å²) in [5, 5.41) is 12.5. The van der Waals surface area contributed by atoms with E-state index in [1.807, 2.05) is 59.2 Å². The van der Waals surface area contributed by atoms with Gasteiger partial charge in [-0.15, -0.1) is 24.8 Å². The van der Waals surface area contributed by atoms with Crippen LogP contribution >= 0.6 is 36.4 Å². The van der Waals surface area contributed by atoms with E-state index in [2.05, 4.69) is 66.9 Å². The van der Waals surface area contributed by atoms with Gasteiger partial charge in [0, 0.05) is 118 Å². The van der Waals surface area contributed by atoms with E-state index in [0.29, 0.717) is 85.7 Å². The Bertz CT molecular complexity index is 4340. The third kappa shape index (κ3) is 20.7. The molecular weight excluding hydrogens is 1520 g/mol. The van der Waals surface area contributed by atoms with Crippen LogP contribution in [0.15, 0.2) is 87.2 Å². The van der Waals surface area contributed by atoms with Gasteiger partial charge in [-0.25, -0.2) is 15.0 Å². The van der Waals surface area contributed by atoms with Crippen molar-refractivity contribution in [2.24, 2.45) is 17.8 Å². The number of esters is 2. The summed E-state index contributed by atoms with van der Waals surface area (Å²) >= 11 is 6.23. The number of aromatic nitrogens is 6. The normalized spacial score (nSPS) is 27.2. The average molecular weight is 1660 g/mol. The number of methoxy groups -OCH3 is 2. The number of ether oxygens (including phenoxy) is 2. The van der Waals surface area contributed by atoms with E-state index in [4.69, 9.17) is 26.3 Å². The van der Waals surface area contributed by atoms with Gasteiger partial charge in [-0.2, -0.15) is 0 Å². The molecule has 116 heavy (non-hydrogen) atoms. The predicted octanol–water partition coefficient (Wildman–Crippen LogP) is 17.5. The summed E-state index contributed by atoms with van der Waals surface area (Å²) < 4.78 is 15.7. The van der Waals surface area contributed by atoms with Crippen molar-refractivity contribution in [3.63, 3.8) is 0 Å². The molecule has 21 nitrogen and oxygen atoms in total. The molecule has 6 aromatic rings. The molecule has 9 atom stereocenters. The summed E-state index contributed by atoms with van der Waals surface area (Å²) in [6.07, 6.45) is 49.8. The van der Waals surface area contributed by atoms with E-state index < -0.39 is 5.97 Å². The van der Waals surface area contributed by atoms with Crippen LogP contribution in [0.25, 0.3) is 33.1 Å². The molecule has 0 spiro atoms. The minimum absolute atomic E-state index is 0. The number of anilines is 2. The second-order valence-electron chi connectivity index (χ2n) is 36.3. The highest BCUT2D eigenvalue weighted by molar-refractivity contribution is 6.29. The van der Waals surface area contributed by atoms with Gasteiger partial charge in [-0.1, -0.05) is 144 Å². The first-order valence-electron chi connectivity index (χ1n) is 45.3. The molecule has 3 saturated carbocycles. The zero-order valence-electron chi connectivity index (χ0n) is 69.4. The number of hydrogen-bond acceptors (Lipinski definition) is 17. The van der Waals surface area contributed by atoms with Gasteiger partial charge in [0.25, 0.3) is 16.7 Å². The van der Waals surface area contributed by atoms with Crippen molar-refractivity contribution < 1.29 is 29.0 Å². The van der Waals surface area contributed by atoms with Gasteiger partial charge in [0.05, 0.1) is 47.3 Å². The van der Waals surface area contributed by atoms with Crippen LogP contribution in [0.4, 0.5) is 11.6 Å². The van der Waals surface area contributed by atoms with Crippen molar-refractivity contribution in [2.45, 2.75) is 342 Å². The molecule has 0 radical (unpaired) electrons. The van der Waals surface area contributed by atoms with E-state index in [0.717, 1.165) is 154 Å². The minimum atomic E-state index is -0.731. The maximum Gasteiger partial charge on any atom is 0.305 e. The highest BCUT2D eigenvalue weighted by atomic mass is 35.5. The number of fused-ring (bicyclic) bond motifs is 9. The average Bonchev–Trinajstić information content (AvgIpc) is 1.42. The number of nitrogens with zero attached hydrogens (tertiary/aromatic N) is 11. The summed E-state index contributed by atoms with van der Waals surface area (Å²) in [6.45, 7) is 5.00. The van der Waals surface area contributed by atoms with Gasteiger partial charge in [-0.05, 0) is 221 Å². The molecule has 0 amide bonds. The summed E-state index contributed by atoms with van der Waals surface area (Å²) in [4.78, 5) is 102. The summed E-state index contributed by atoms with van der Waals surface area (Å²) in [6, 6.07) is 30.8. The SMILES string of the molecule is COC(=O)CC1CCN(c2nc3ccccc3n(C3C[C@H]4CC[C@@H](C3)N4C3CCCCCCC3)c2=O)CC1.COC(=O)CC1CCNCC1.Cl.Cl.O=C(O)CC1CCN(c2nc3ccccc3n(C3C[C@H]4CC[C@@H](C3)N4C3CCCCCCC3)c2=O)CC1.O=c1c(Cl)nc2ccccc2n1C1C[C@H]2CC[C@@H](C1)N2C1CCCCCCC1. The molecule has 12 fully saturated rings. The number of piperidine rings is 6. The molecule has 3 aromatic heterocycles. The first-order valence-corrected chi connectivity index (χ1v) is 45.7. The highest BCUT2D eigenvalue weighted by Gasteiger charge is 2.48. The highest BCUT2D eigenvalue weighted by Crippen LogP contribution is 2.48. The number of carbonyl (C=O) groups excluding carboxylic acids is 2. The molecule has 2 N–H and O–H groups in total. The Balaban J connectivity index is 0.000000142. The van der Waals surface area contributed by atoms with Gasteiger partial charge < -0.3 is 43.4 Å². The molecule has 12 aliphatic rings. The van der Waals surface area contributed by atoms with Gasteiger partial charge in [0.1, 0.15) is 0 Å². The number of rotatable bonds is 14. The monoisotopic (exact) mass is 1650 g/mol. The topological polar surface area (TPSA) is 223 Å². The summed E-state index contributed by atoms with van der Waals surface area (Å²) in [7, 11) is 2.90. The predicted molar refractivity (Wildman–Crippen MR) is 468 cm³/mol. The molecular formula is C92H133Cl3N12O9. The Hall–Kier alpha value is -6.20. The van der Waals surface area contributed by atoms with Crippen LogP contribution in [-0.4, -0.2) is 174 Å². The second kappa shape index (κ2) is 41.9. The fourth-order valence-corrected chi connectivity index (χ4v) is 23.9. The minimum Gasteiger partial charge on any atom is -0.481 e. The Kier molecular flexibility index (Phi) is 31.6. The molecule has 18 rings (SSSR count). The van der Waals surface area contributed by atoms with E-state index in [1.165, 1.54) is 188 Å². The van der Waals surface area contributed by atoms with Crippen molar-refractivity contribution in [3.8, 4) is 0 Å². The number of halogens is 3. The maximum atomic E-state index is 14.2. The Morgan fingerprint density at radius 2 is 0.655 bits per heavy atom. The number of benzene rings is 3. The number of carboxylic acids is 1. The van der Waals surface area contributed by atoms with Gasteiger partial charge in [0.2, 0.25) is 0 Å². The lowest BCUT2D eigenvalue weighted by atomic mass is 9.89. The van der Waals surface area contributed by atoms with Crippen molar-refractivity contribution in [1.29, 1.82) is 0 Å². The lowest BCUT2D eigenvalue weighted by molar-refractivity contribution is -0.142. The maximum absolute atomic E-state index is 14.2. The fraction of sp³-hybridized carbons (Fsp3) is 0.707. The molecule has 6 bridgehead atoms. The van der Waals surface area contributed by atoms with E-state index >= 15 is 0 Å². The van der Waals surface area contributed by atoms with E-state index in [-0.39, 0.29) is 89.0 Å². The van der Waals surface area contributed by atoms with E-state index in [1.54, 1.807) is 0 Å². The molecule has 24 heteroatoms. The molecule has 3 aromatic carbocycles. The number of para-hydroxylation sites is 6. The zero-order valence-corrected chi connectivity index (χ0v) is 71.7. The molecule has 12 heterocycles. The lowest BCUT2D eigenvalue weighted by Crippen LogP contribution is -2.50. The first kappa shape index (κ1) is 87.6. The first-order chi connectivity index (χ1) is 55.7. The number of carbonyl (C=O) groups is 3. The lowest BCUT2D eigenvalue weighted by Gasteiger charge is -2.45. The van der Waals surface area contributed by atoms with Crippen LogP contribution in [0.3, 0.4) is 0 Å². The molecule has 9 aliphatic heterocycles. The quantitative estimate of drug-likeness (QED) is 0.0967. The van der Waals surface area contributed by atoms with Crippen molar-refractivity contribution in [1.82, 2.24) is 48.7 Å². The number of nitrogens with one attached hydrogen (secondary N) is 1. The second-order valence-corrected chi connectivity index (χ2v) is 36.7. The van der Waals surface area contributed by atoms with Crippen LogP contribution in [-0.2, 0) is 23.9 Å². The Morgan fingerprint density at radius 1 is 0.371 bits per heavy atom. The largest absolute Gasteiger partial charge is 0.481 e. The number of hydrogen-bond donors (Lipinski definition) is 2. The molecule has 9 saturated heterocycles. The fourth-order valence-electron chi connectivity index (χ4n) is 23.7. The third-order valence-corrected chi connectivity index (χ3v) is 29.6. The summed E-state index contributed by atoms with van der Waals surface area (Å²) in [5.74, 6) is 1.25. The molecule has 3 unspecified atom stereocenters. The van der Waals surface area contributed by atoms with Crippen LogP contribution in [0, 0.1) is 17.8 Å². The smallest absolute Gasteiger partial charge is 0.305 e. The van der Waals surface area contributed by atoms with Crippen molar-refractivity contribution >= 4 is 99.1 Å². The Labute approximate surface area is 704 Å². The van der Waals surface area contributed by atoms with Gasteiger partial charge in [-0.3, -0.25) is 43.5 Å². The molecule has 636 valence electrons. The number of aliphatic carboxylic acids is 1. The Morgan fingerprint density at radius 3 is 0.974 bits per heavy atom. The van der Waals surface area contributed by atoms with E-state index in [9.17, 15) is 33.9 Å². The van der Waals surface area contributed by atoms with Crippen LogP contribution in [0.2, 0.25) is 5.15 Å². The van der Waals surface area contributed by atoms with Crippen molar-refractivity contribution in [2.75, 3.05) is 63.3 Å². The summed E-state index contributed by atoms with van der Waals surface area (Å²) in [5.41, 5.74) is 5.48. The zero-order chi connectivity index (χ0) is 78.6.